The zero-order chi connectivity index (χ0) is 16.0. The molecule has 0 spiro atoms. The molecule has 0 rings (SSSR count). The standard InChI is InChI=1S/C16H34O5/c1-5-9-10-11-12-15(18-14-13-17)16(19-6-2,20-7-3)21-8-4/h15,17H,5-14H2,1-4H3. The Morgan fingerprint density at radius 3 is 1.86 bits per heavy atom. The van der Waals surface area contributed by atoms with E-state index in [1.165, 1.54) is 12.8 Å². The van der Waals surface area contributed by atoms with Crippen molar-refractivity contribution < 1.29 is 24.1 Å². The van der Waals surface area contributed by atoms with Gasteiger partial charge in [-0.3, -0.25) is 0 Å². The van der Waals surface area contributed by atoms with E-state index in [-0.39, 0.29) is 19.3 Å². The molecule has 0 aromatic carbocycles. The van der Waals surface area contributed by atoms with E-state index in [1.807, 2.05) is 20.8 Å². The maximum Gasteiger partial charge on any atom is 0.310 e. The molecule has 0 saturated carbocycles. The number of unbranched alkanes of at least 4 members (excludes halogenated alkanes) is 3. The van der Waals surface area contributed by atoms with Crippen LogP contribution in [0.4, 0.5) is 0 Å². The van der Waals surface area contributed by atoms with Crippen molar-refractivity contribution in [3.63, 3.8) is 0 Å². The molecule has 0 amide bonds. The van der Waals surface area contributed by atoms with Crippen LogP contribution >= 0.6 is 0 Å². The molecule has 1 atom stereocenters. The van der Waals surface area contributed by atoms with E-state index in [0.717, 1.165) is 19.3 Å². The van der Waals surface area contributed by atoms with Crippen LogP contribution in [0.1, 0.15) is 59.8 Å². The fraction of sp³-hybridized carbons (Fsp3) is 1.00. The summed E-state index contributed by atoms with van der Waals surface area (Å²) in [6.07, 6.45) is 5.03. The van der Waals surface area contributed by atoms with Crippen molar-refractivity contribution in [2.75, 3.05) is 33.0 Å². The van der Waals surface area contributed by atoms with E-state index in [0.29, 0.717) is 19.8 Å². The molecule has 0 radical (unpaired) electrons. The highest BCUT2D eigenvalue weighted by Gasteiger charge is 2.42. The van der Waals surface area contributed by atoms with E-state index >= 15 is 0 Å². The monoisotopic (exact) mass is 306 g/mol. The fourth-order valence-corrected chi connectivity index (χ4v) is 2.32. The Morgan fingerprint density at radius 1 is 0.857 bits per heavy atom. The largest absolute Gasteiger partial charge is 0.394 e. The van der Waals surface area contributed by atoms with Gasteiger partial charge >= 0.3 is 5.97 Å². The fourth-order valence-electron chi connectivity index (χ4n) is 2.32. The zero-order valence-corrected chi connectivity index (χ0v) is 14.2. The van der Waals surface area contributed by atoms with Gasteiger partial charge in [0.1, 0.15) is 6.10 Å². The van der Waals surface area contributed by atoms with E-state index < -0.39 is 5.97 Å². The highest BCUT2D eigenvalue weighted by atomic mass is 16.9. The molecule has 5 nitrogen and oxygen atoms in total. The lowest BCUT2D eigenvalue weighted by molar-refractivity contribution is -0.415. The van der Waals surface area contributed by atoms with E-state index in [1.54, 1.807) is 0 Å². The molecular weight excluding hydrogens is 272 g/mol. The smallest absolute Gasteiger partial charge is 0.310 e. The van der Waals surface area contributed by atoms with Crippen LogP contribution in [0.3, 0.4) is 0 Å². The molecule has 0 heterocycles. The molecular formula is C16H34O5. The normalized spacial score (nSPS) is 13.6. The number of aliphatic hydroxyl groups excluding tert-OH is 1. The Bertz CT molecular complexity index is 206. The second-order valence-electron chi connectivity index (χ2n) is 4.83. The van der Waals surface area contributed by atoms with Crippen LogP contribution in [-0.4, -0.2) is 50.2 Å². The highest BCUT2D eigenvalue weighted by Crippen LogP contribution is 2.27. The second-order valence-corrected chi connectivity index (χ2v) is 4.83. The Labute approximate surface area is 129 Å². The molecule has 0 fully saturated rings. The van der Waals surface area contributed by atoms with Crippen LogP contribution in [0.15, 0.2) is 0 Å². The van der Waals surface area contributed by atoms with Gasteiger partial charge in [-0.1, -0.05) is 32.6 Å². The molecule has 0 aromatic rings. The van der Waals surface area contributed by atoms with Crippen LogP contribution in [-0.2, 0) is 18.9 Å². The Morgan fingerprint density at radius 2 is 1.43 bits per heavy atom. The van der Waals surface area contributed by atoms with E-state index in [9.17, 15) is 0 Å². The van der Waals surface area contributed by atoms with Crippen LogP contribution < -0.4 is 0 Å². The second kappa shape index (κ2) is 13.5. The average Bonchev–Trinajstić information content (AvgIpc) is 2.47. The topological polar surface area (TPSA) is 57.2 Å². The number of ether oxygens (including phenoxy) is 4. The Balaban J connectivity index is 4.84. The molecule has 1 unspecified atom stereocenters. The molecule has 0 aromatic heterocycles. The third-order valence-electron chi connectivity index (χ3n) is 3.16. The van der Waals surface area contributed by atoms with Crippen LogP contribution in [0.2, 0.25) is 0 Å². The van der Waals surface area contributed by atoms with Gasteiger partial charge in [-0.15, -0.1) is 0 Å². The Kier molecular flexibility index (Phi) is 13.3. The van der Waals surface area contributed by atoms with Gasteiger partial charge in [0.05, 0.1) is 13.2 Å². The number of rotatable bonds is 15. The first-order valence-electron chi connectivity index (χ1n) is 8.34. The first kappa shape index (κ1) is 20.8. The van der Waals surface area contributed by atoms with Crippen molar-refractivity contribution in [1.29, 1.82) is 0 Å². The van der Waals surface area contributed by atoms with Gasteiger partial charge in [0, 0.05) is 19.8 Å². The molecule has 5 heteroatoms. The summed E-state index contributed by atoms with van der Waals surface area (Å²) in [5, 5.41) is 9.03. The van der Waals surface area contributed by atoms with Crippen molar-refractivity contribution >= 4 is 0 Å². The number of aliphatic hydroxyl groups is 1. The summed E-state index contributed by atoms with van der Waals surface area (Å²) >= 11 is 0. The van der Waals surface area contributed by atoms with Crippen molar-refractivity contribution in [1.82, 2.24) is 0 Å². The maximum atomic E-state index is 9.03. The van der Waals surface area contributed by atoms with Gasteiger partial charge in [-0.2, -0.15) is 0 Å². The quantitative estimate of drug-likeness (QED) is 0.372. The van der Waals surface area contributed by atoms with Crippen LogP contribution in [0.25, 0.3) is 0 Å². The predicted molar refractivity (Wildman–Crippen MR) is 83.2 cm³/mol. The van der Waals surface area contributed by atoms with Crippen molar-refractivity contribution in [2.45, 2.75) is 71.9 Å². The van der Waals surface area contributed by atoms with Gasteiger partial charge in [0.2, 0.25) is 0 Å². The van der Waals surface area contributed by atoms with Crippen LogP contribution in [0.5, 0.6) is 0 Å². The lowest BCUT2D eigenvalue weighted by Gasteiger charge is -2.38. The number of hydrogen-bond donors (Lipinski definition) is 1. The SMILES string of the molecule is CCCCCCC(OCCO)C(OCC)(OCC)OCC. The minimum absolute atomic E-state index is 0.0219. The van der Waals surface area contributed by atoms with Gasteiger partial charge in [-0.05, 0) is 27.2 Å². The lowest BCUT2D eigenvalue weighted by atomic mass is 10.1. The maximum absolute atomic E-state index is 9.03. The summed E-state index contributed by atoms with van der Waals surface area (Å²) in [5.74, 6) is -1.17. The lowest BCUT2D eigenvalue weighted by Crippen LogP contribution is -2.51. The molecule has 21 heavy (non-hydrogen) atoms. The first-order valence-corrected chi connectivity index (χ1v) is 8.34. The molecule has 0 aliphatic heterocycles. The predicted octanol–water partition coefficient (Wildman–Crippen LogP) is 3.10. The molecule has 0 saturated heterocycles. The minimum atomic E-state index is -1.17. The highest BCUT2D eigenvalue weighted by molar-refractivity contribution is 4.73. The summed E-state index contributed by atoms with van der Waals surface area (Å²) in [6.45, 7) is 9.59. The van der Waals surface area contributed by atoms with Crippen molar-refractivity contribution in [3.05, 3.63) is 0 Å². The van der Waals surface area contributed by atoms with Gasteiger partial charge < -0.3 is 24.1 Å². The minimum Gasteiger partial charge on any atom is -0.394 e. The molecule has 0 aliphatic rings. The van der Waals surface area contributed by atoms with Gasteiger partial charge in [0.15, 0.2) is 0 Å². The summed E-state index contributed by atoms with van der Waals surface area (Å²) < 4.78 is 23.1. The number of hydrogen-bond acceptors (Lipinski definition) is 5. The molecule has 0 bridgehead atoms. The average molecular weight is 306 g/mol. The third kappa shape index (κ3) is 8.12. The molecule has 1 N–H and O–H groups in total. The van der Waals surface area contributed by atoms with Crippen molar-refractivity contribution in [2.24, 2.45) is 0 Å². The zero-order valence-electron chi connectivity index (χ0n) is 14.2. The van der Waals surface area contributed by atoms with Gasteiger partial charge in [0.25, 0.3) is 0 Å². The summed E-state index contributed by atoms with van der Waals surface area (Å²) in [4.78, 5) is 0. The summed E-state index contributed by atoms with van der Waals surface area (Å²) in [5.41, 5.74) is 0. The Hall–Kier alpha value is -0.200. The molecule has 0 aliphatic carbocycles. The van der Waals surface area contributed by atoms with E-state index in [2.05, 4.69) is 6.92 Å². The summed E-state index contributed by atoms with van der Waals surface area (Å²) in [7, 11) is 0. The van der Waals surface area contributed by atoms with Gasteiger partial charge in [-0.25, -0.2) is 0 Å². The first-order chi connectivity index (χ1) is 10.2. The van der Waals surface area contributed by atoms with Crippen molar-refractivity contribution in [3.8, 4) is 0 Å². The third-order valence-corrected chi connectivity index (χ3v) is 3.16. The van der Waals surface area contributed by atoms with E-state index in [4.69, 9.17) is 24.1 Å². The van der Waals surface area contributed by atoms with Crippen LogP contribution in [0, 0.1) is 0 Å². The molecule has 128 valence electrons. The summed E-state index contributed by atoms with van der Waals surface area (Å²) in [6, 6.07) is 0.